The van der Waals surface area contributed by atoms with Crippen LogP contribution in [0.2, 0.25) is 0 Å². The van der Waals surface area contributed by atoms with Crippen LogP contribution in [-0.2, 0) is 25.7 Å². The van der Waals surface area contributed by atoms with Crippen LogP contribution in [0.5, 0.6) is 0 Å². The van der Waals surface area contributed by atoms with E-state index in [1.807, 2.05) is 10.7 Å². The molecule has 0 fully saturated rings. The zero-order valence-electron chi connectivity index (χ0n) is 16.2. The molecule has 2 nitrogen and oxygen atoms in total. The van der Waals surface area contributed by atoms with Crippen molar-refractivity contribution in [3.05, 3.63) is 107 Å². The zero-order valence-corrected chi connectivity index (χ0v) is 16.2. The lowest BCUT2D eigenvalue weighted by Gasteiger charge is -2.13. The minimum absolute atomic E-state index is 1.03. The lowest BCUT2D eigenvalue weighted by Crippen LogP contribution is -2.01. The molecule has 0 amide bonds. The Morgan fingerprint density at radius 2 is 1.32 bits per heavy atom. The van der Waals surface area contributed by atoms with Gasteiger partial charge in [0.05, 0.1) is 11.4 Å². The van der Waals surface area contributed by atoms with E-state index in [-0.39, 0.29) is 0 Å². The summed E-state index contributed by atoms with van der Waals surface area (Å²) in [6.45, 7) is 2.13. The number of hydrogen-bond donors (Lipinski definition) is 0. The summed E-state index contributed by atoms with van der Waals surface area (Å²) >= 11 is 0. The SMILES string of the molecule is Cc1cc(-c2cc3ccc2CCc2ccc(cc2)CC3)nn1-c1ccccc1. The Kier molecular flexibility index (Phi) is 4.32. The van der Waals surface area contributed by atoms with Crippen LogP contribution in [0.4, 0.5) is 0 Å². The summed E-state index contributed by atoms with van der Waals surface area (Å²) in [4.78, 5) is 0. The smallest absolute Gasteiger partial charge is 0.0933 e. The van der Waals surface area contributed by atoms with Gasteiger partial charge in [-0.25, -0.2) is 4.68 Å². The van der Waals surface area contributed by atoms with E-state index in [0.717, 1.165) is 42.8 Å². The second-order valence-corrected chi connectivity index (χ2v) is 7.73. The standard InChI is InChI=1S/C26H24N2/c1-19-17-26(27-28(19)24-5-3-2-4-6-24)25-18-22-12-11-20-7-9-21(10-8-20)13-15-23(25)16-14-22/h2-10,14,16-18H,11-13,15H2,1H3. The molecule has 2 heteroatoms. The van der Waals surface area contributed by atoms with Gasteiger partial charge >= 0.3 is 0 Å². The quantitative estimate of drug-likeness (QED) is 0.444. The number of aryl methyl sites for hydroxylation is 5. The highest BCUT2D eigenvalue weighted by Gasteiger charge is 2.14. The molecular formula is C26H24N2. The molecule has 0 saturated carbocycles. The number of hydrogen-bond acceptors (Lipinski definition) is 1. The van der Waals surface area contributed by atoms with Crippen molar-refractivity contribution in [1.82, 2.24) is 9.78 Å². The van der Waals surface area contributed by atoms with Crippen LogP contribution in [0.1, 0.15) is 27.9 Å². The lowest BCUT2D eigenvalue weighted by atomic mass is 9.92. The van der Waals surface area contributed by atoms with E-state index in [4.69, 9.17) is 5.10 Å². The molecule has 4 aromatic rings. The summed E-state index contributed by atoms with van der Waals surface area (Å²) in [5.74, 6) is 0. The van der Waals surface area contributed by atoms with E-state index < -0.39 is 0 Å². The average Bonchev–Trinajstić information content (AvgIpc) is 3.12. The number of para-hydroxylation sites is 1. The minimum Gasteiger partial charge on any atom is -0.237 e. The Morgan fingerprint density at radius 3 is 2.07 bits per heavy atom. The van der Waals surface area contributed by atoms with Crippen LogP contribution in [0.25, 0.3) is 16.9 Å². The van der Waals surface area contributed by atoms with Gasteiger partial charge in [-0.15, -0.1) is 0 Å². The van der Waals surface area contributed by atoms with Crippen molar-refractivity contribution in [2.24, 2.45) is 0 Å². The molecule has 0 saturated heterocycles. The van der Waals surface area contributed by atoms with Crippen molar-refractivity contribution in [3.8, 4) is 16.9 Å². The van der Waals surface area contributed by atoms with E-state index in [9.17, 15) is 0 Å². The summed E-state index contributed by atoms with van der Waals surface area (Å²) in [6, 6.07) is 28.7. The van der Waals surface area contributed by atoms with Gasteiger partial charge in [-0.1, -0.05) is 54.6 Å². The third kappa shape index (κ3) is 3.27. The molecular weight excluding hydrogens is 340 g/mol. The molecule has 1 aromatic heterocycles. The Labute approximate surface area is 166 Å². The Bertz CT molecular complexity index is 1110. The third-order valence-electron chi connectivity index (χ3n) is 5.75. The fraction of sp³-hybridized carbons (Fsp3) is 0.192. The first kappa shape index (κ1) is 17.0. The van der Waals surface area contributed by atoms with Crippen molar-refractivity contribution in [3.63, 3.8) is 0 Å². The van der Waals surface area contributed by atoms with E-state index in [0.29, 0.717) is 0 Å². The second kappa shape index (κ2) is 7.12. The summed E-state index contributed by atoms with van der Waals surface area (Å²) in [7, 11) is 0. The van der Waals surface area contributed by atoms with E-state index in [1.54, 1.807) is 0 Å². The van der Waals surface area contributed by atoms with Crippen molar-refractivity contribution >= 4 is 0 Å². The van der Waals surface area contributed by atoms with Crippen molar-refractivity contribution < 1.29 is 0 Å². The van der Waals surface area contributed by atoms with Gasteiger partial charge in [-0.3, -0.25) is 0 Å². The first-order valence-electron chi connectivity index (χ1n) is 10.1. The summed E-state index contributed by atoms with van der Waals surface area (Å²) in [5, 5.41) is 4.98. The first-order valence-corrected chi connectivity index (χ1v) is 10.1. The molecule has 138 valence electrons. The topological polar surface area (TPSA) is 17.8 Å². The first-order chi connectivity index (χ1) is 13.8. The van der Waals surface area contributed by atoms with Gasteiger partial charge in [0, 0.05) is 11.3 Å². The monoisotopic (exact) mass is 364 g/mol. The lowest BCUT2D eigenvalue weighted by molar-refractivity contribution is 0.848. The molecule has 1 heterocycles. The summed E-state index contributed by atoms with van der Waals surface area (Å²) in [6.07, 6.45) is 4.23. The fourth-order valence-corrected chi connectivity index (χ4v) is 4.11. The molecule has 8 rings (SSSR count). The van der Waals surface area contributed by atoms with Gasteiger partial charge in [-0.05, 0) is 79.1 Å². The highest BCUT2D eigenvalue weighted by Crippen LogP contribution is 2.28. The summed E-state index contributed by atoms with van der Waals surface area (Å²) in [5.41, 5.74) is 10.2. The number of aromatic nitrogens is 2. The predicted molar refractivity (Wildman–Crippen MR) is 115 cm³/mol. The second-order valence-electron chi connectivity index (χ2n) is 7.73. The minimum atomic E-state index is 1.03. The molecule has 0 unspecified atom stereocenters. The van der Waals surface area contributed by atoms with E-state index in [2.05, 4.69) is 79.7 Å². The maximum absolute atomic E-state index is 4.98. The van der Waals surface area contributed by atoms with Gasteiger partial charge in [-0.2, -0.15) is 5.10 Å². The van der Waals surface area contributed by atoms with Crippen molar-refractivity contribution in [1.29, 1.82) is 0 Å². The molecule has 4 aliphatic rings. The predicted octanol–water partition coefficient (Wildman–Crippen LogP) is 5.73. The van der Waals surface area contributed by atoms with Crippen LogP contribution < -0.4 is 0 Å². The van der Waals surface area contributed by atoms with Crippen LogP contribution in [0, 0.1) is 6.92 Å². The van der Waals surface area contributed by atoms with Crippen molar-refractivity contribution in [2.45, 2.75) is 32.6 Å². The molecule has 0 N–H and O–H groups in total. The van der Waals surface area contributed by atoms with Crippen LogP contribution in [0.15, 0.2) is 78.9 Å². The van der Waals surface area contributed by atoms with Gasteiger partial charge in [0.1, 0.15) is 0 Å². The third-order valence-corrected chi connectivity index (χ3v) is 5.75. The maximum atomic E-state index is 4.98. The highest BCUT2D eigenvalue weighted by molar-refractivity contribution is 5.66. The molecule has 0 spiro atoms. The van der Waals surface area contributed by atoms with E-state index in [1.165, 1.54) is 27.8 Å². The molecule has 0 radical (unpaired) electrons. The molecule has 0 aliphatic heterocycles. The molecule has 4 bridgehead atoms. The molecule has 3 aromatic carbocycles. The largest absolute Gasteiger partial charge is 0.237 e. The maximum Gasteiger partial charge on any atom is 0.0933 e. The fourth-order valence-electron chi connectivity index (χ4n) is 4.11. The normalized spacial score (nSPS) is 13.3. The van der Waals surface area contributed by atoms with E-state index >= 15 is 0 Å². The van der Waals surface area contributed by atoms with Gasteiger partial charge in [0.2, 0.25) is 0 Å². The summed E-state index contributed by atoms with van der Waals surface area (Å²) < 4.78 is 2.05. The van der Waals surface area contributed by atoms with Gasteiger partial charge in [0.15, 0.2) is 0 Å². The Morgan fingerprint density at radius 1 is 0.679 bits per heavy atom. The molecule has 28 heavy (non-hydrogen) atoms. The molecule has 0 atom stereocenters. The Balaban J connectivity index is 1.57. The van der Waals surface area contributed by atoms with Crippen molar-refractivity contribution in [2.75, 3.05) is 0 Å². The highest BCUT2D eigenvalue weighted by atomic mass is 15.3. The van der Waals surface area contributed by atoms with Crippen LogP contribution in [-0.4, -0.2) is 9.78 Å². The number of nitrogens with zero attached hydrogens (tertiary/aromatic N) is 2. The van der Waals surface area contributed by atoms with Gasteiger partial charge in [0.25, 0.3) is 0 Å². The van der Waals surface area contributed by atoms with Crippen LogP contribution >= 0.6 is 0 Å². The van der Waals surface area contributed by atoms with Gasteiger partial charge < -0.3 is 0 Å². The van der Waals surface area contributed by atoms with Crippen LogP contribution in [0.3, 0.4) is 0 Å². The average molecular weight is 364 g/mol. The number of benzene rings is 3. The zero-order chi connectivity index (χ0) is 18.9. The number of rotatable bonds is 2. The Hall–Kier alpha value is -3.13. The molecule has 4 aliphatic carbocycles.